The van der Waals surface area contributed by atoms with Crippen LogP contribution in [0.5, 0.6) is 0 Å². The van der Waals surface area contributed by atoms with Gasteiger partial charge in [-0.15, -0.1) is 0 Å². The molecule has 0 aromatic carbocycles. The number of nitrogens with zero attached hydrogens (tertiary/aromatic N) is 3. The zero-order valence-electron chi connectivity index (χ0n) is 14.2. The molecule has 6 nitrogen and oxygen atoms in total. The summed E-state index contributed by atoms with van der Waals surface area (Å²) < 4.78 is 5.41. The van der Waals surface area contributed by atoms with Crippen molar-refractivity contribution in [1.29, 1.82) is 0 Å². The molecule has 0 bridgehead atoms. The van der Waals surface area contributed by atoms with Crippen molar-refractivity contribution in [1.82, 2.24) is 14.8 Å². The van der Waals surface area contributed by atoms with E-state index in [-0.39, 0.29) is 0 Å². The second-order valence-electron chi connectivity index (χ2n) is 6.67. The number of likely N-dealkylation sites (tertiary alicyclic amines) is 1. The van der Waals surface area contributed by atoms with E-state index in [1.54, 1.807) is 18.3 Å². The van der Waals surface area contributed by atoms with Crippen LogP contribution in [-0.2, 0) is 11.3 Å². The summed E-state index contributed by atoms with van der Waals surface area (Å²) in [6, 6.07) is 3.86. The molecule has 0 unspecified atom stereocenters. The first-order valence-corrected chi connectivity index (χ1v) is 8.95. The van der Waals surface area contributed by atoms with Crippen LogP contribution >= 0.6 is 0 Å². The maximum absolute atomic E-state index is 11.4. The van der Waals surface area contributed by atoms with Crippen molar-refractivity contribution in [2.45, 2.75) is 38.3 Å². The Balaban J connectivity index is 1.61. The van der Waals surface area contributed by atoms with Crippen LogP contribution in [-0.4, -0.2) is 71.3 Å². The zero-order valence-corrected chi connectivity index (χ0v) is 14.2. The number of aromatic carboxylic acids is 1. The Morgan fingerprint density at radius 2 is 2.12 bits per heavy atom. The van der Waals surface area contributed by atoms with Gasteiger partial charge in [-0.3, -0.25) is 14.8 Å². The van der Waals surface area contributed by atoms with Crippen molar-refractivity contribution in [3.8, 4) is 0 Å². The lowest BCUT2D eigenvalue weighted by atomic mass is 9.98. The molecule has 3 heterocycles. The van der Waals surface area contributed by atoms with E-state index in [1.165, 1.54) is 19.3 Å². The van der Waals surface area contributed by atoms with Gasteiger partial charge < -0.3 is 9.84 Å². The number of hydrogen-bond donors (Lipinski definition) is 1. The van der Waals surface area contributed by atoms with Gasteiger partial charge in [0.15, 0.2) is 0 Å². The van der Waals surface area contributed by atoms with E-state index in [9.17, 15) is 9.90 Å². The van der Waals surface area contributed by atoms with Crippen molar-refractivity contribution >= 4 is 5.97 Å². The van der Waals surface area contributed by atoms with Crippen LogP contribution in [0.25, 0.3) is 0 Å². The SMILES string of the molecule is O=C(O)c1cccnc1CN1CCCC[C@H]1CCN1CCOCC1. The quantitative estimate of drug-likeness (QED) is 0.857. The lowest BCUT2D eigenvalue weighted by Gasteiger charge is -2.37. The Kier molecular flexibility index (Phi) is 6.18. The maximum Gasteiger partial charge on any atom is 0.337 e. The molecule has 2 aliphatic rings. The molecule has 0 spiro atoms. The summed E-state index contributed by atoms with van der Waals surface area (Å²) >= 11 is 0. The number of rotatable bonds is 6. The topological polar surface area (TPSA) is 65.9 Å². The molecule has 1 atom stereocenters. The van der Waals surface area contributed by atoms with Gasteiger partial charge in [0.05, 0.1) is 24.5 Å². The highest BCUT2D eigenvalue weighted by Crippen LogP contribution is 2.23. The lowest BCUT2D eigenvalue weighted by molar-refractivity contribution is 0.0301. The first-order valence-electron chi connectivity index (χ1n) is 8.95. The molecule has 2 saturated heterocycles. The summed E-state index contributed by atoms with van der Waals surface area (Å²) in [6.45, 7) is 6.49. The van der Waals surface area contributed by atoms with Crippen LogP contribution < -0.4 is 0 Å². The van der Waals surface area contributed by atoms with E-state index in [2.05, 4.69) is 14.8 Å². The average Bonchev–Trinajstić information content (AvgIpc) is 2.62. The van der Waals surface area contributed by atoms with Gasteiger partial charge in [-0.25, -0.2) is 4.79 Å². The van der Waals surface area contributed by atoms with E-state index in [1.807, 2.05) is 0 Å². The number of carbonyl (C=O) groups is 1. The Morgan fingerprint density at radius 1 is 1.29 bits per heavy atom. The molecular weight excluding hydrogens is 306 g/mol. The third kappa shape index (κ3) is 4.53. The fourth-order valence-electron chi connectivity index (χ4n) is 3.70. The van der Waals surface area contributed by atoms with Gasteiger partial charge in [0.2, 0.25) is 0 Å². The minimum atomic E-state index is -0.889. The molecule has 3 rings (SSSR count). The van der Waals surface area contributed by atoms with Gasteiger partial charge >= 0.3 is 5.97 Å². The van der Waals surface area contributed by atoms with Gasteiger partial charge in [-0.2, -0.15) is 0 Å². The highest BCUT2D eigenvalue weighted by Gasteiger charge is 2.25. The summed E-state index contributed by atoms with van der Waals surface area (Å²) in [5, 5.41) is 9.36. The van der Waals surface area contributed by atoms with Crippen molar-refractivity contribution < 1.29 is 14.6 Å². The van der Waals surface area contributed by atoms with Crippen molar-refractivity contribution in [2.24, 2.45) is 0 Å². The molecule has 0 aliphatic carbocycles. The second-order valence-corrected chi connectivity index (χ2v) is 6.67. The van der Waals surface area contributed by atoms with Gasteiger partial charge in [0, 0.05) is 31.9 Å². The highest BCUT2D eigenvalue weighted by molar-refractivity contribution is 5.88. The maximum atomic E-state index is 11.4. The molecule has 1 aromatic heterocycles. The summed E-state index contributed by atoms with van der Waals surface area (Å²) in [4.78, 5) is 20.6. The van der Waals surface area contributed by atoms with Crippen molar-refractivity contribution in [2.75, 3.05) is 39.4 Å². The van der Waals surface area contributed by atoms with E-state index in [0.29, 0.717) is 23.8 Å². The van der Waals surface area contributed by atoms with E-state index >= 15 is 0 Å². The molecule has 24 heavy (non-hydrogen) atoms. The van der Waals surface area contributed by atoms with Crippen LogP contribution in [0.4, 0.5) is 0 Å². The van der Waals surface area contributed by atoms with E-state index < -0.39 is 5.97 Å². The molecule has 6 heteroatoms. The Morgan fingerprint density at radius 3 is 2.92 bits per heavy atom. The van der Waals surface area contributed by atoms with Crippen LogP contribution in [0.15, 0.2) is 18.3 Å². The predicted octanol–water partition coefficient (Wildman–Crippen LogP) is 1.86. The van der Waals surface area contributed by atoms with Crippen LogP contribution in [0.1, 0.15) is 41.7 Å². The van der Waals surface area contributed by atoms with Crippen molar-refractivity contribution in [3.63, 3.8) is 0 Å². The van der Waals surface area contributed by atoms with E-state index in [4.69, 9.17) is 4.74 Å². The van der Waals surface area contributed by atoms with Crippen LogP contribution in [0.2, 0.25) is 0 Å². The number of aromatic nitrogens is 1. The number of ether oxygens (including phenoxy) is 1. The second kappa shape index (κ2) is 8.55. The van der Waals surface area contributed by atoms with Gasteiger partial charge in [-0.05, 0) is 44.5 Å². The summed E-state index contributed by atoms with van der Waals surface area (Å²) in [6.07, 6.45) is 6.46. The number of morpholine rings is 1. The molecule has 1 N–H and O–H groups in total. The minimum absolute atomic E-state index is 0.329. The third-order valence-corrected chi connectivity index (χ3v) is 5.10. The minimum Gasteiger partial charge on any atom is -0.478 e. The monoisotopic (exact) mass is 333 g/mol. The predicted molar refractivity (Wildman–Crippen MR) is 91.1 cm³/mol. The Hall–Kier alpha value is -1.50. The normalized spacial score (nSPS) is 23.2. The molecule has 1 aromatic rings. The molecule has 2 fully saturated rings. The first-order chi connectivity index (χ1) is 11.7. The van der Waals surface area contributed by atoms with Gasteiger partial charge in [-0.1, -0.05) is 6.42 Å². The fraction of sp³-hybridized carbons (Fsp3) is 0.667. The number of carboxylic acids is 1. The Bertz CT molecular complexity index is 546. The molecule has 0 saturated carbocycles. The third-order valence-electron chi connectivity index (χ3n) is 5.10. The van der Waals surface area contributed by atoms with Gasteiger partial charge in [0.25, 0.3) is 0 Å². The number of hydrogen-bond acceptors (Lipinski definition) is 5. The van der Waals surface area contributed by atoms with Crippen molar-refractivity contribution in [3.05, 3.63) is 29.6 Å². The molecule has 132 valence electrons. The first kappa shape index (κ1) is 17.3. The Labute approximate surface area is 143 Å². The summed E-state index contributed by atoms with van der Waals surface area (Å²) in [5.74, 6) is -0.889. The number of carboxylic acid groups (broad SMARTS) is 1. The van der Waals surface area contributed by atoms with Crippen LogP contribution in [0, 0.1) is 0 Å². The number of pyridine rings is 1. The molecular formula is C18H27N3O3. The smallest absolute Gasteiger partial charge is 0.337 e. The average molecular weight is 333 g/mol. The molecule has 2 aliphatic heterocycles. The van der Waals surface area contributed by atoms with E-state index in [0.717, 1.165) is 45.8 Å². The molecule has 0 radical (unpaired) electrons. The standard InChI is InChI=1S/C18H27N3O3/c22-18(23)16-5-3-7-19-17(16)14-21-8-2-1-4-15(21)6-9-20-10-12-24-13-11-20/h3,5,7,15H,1-2,4,6,8-14H2,(H,22,23)/t15-/m0/s1. The summed E-state index contributed by atoms with van der Waals surface area (Å²) in [7, 11) is 0. The zero-order chi connectivity index (χ0) is 16.8. The fourth-order valence-corrected chi connectivity index (χ4v) is 3.70. The van der Waals surface area contributed by atoms with Crippen LogP contribution in [0.3, 0.4) is 0 Å². The van der Waals surface area contributed by atoms with Gasteiger partial charge in [0.1, 0.15) is 0 Å². The number of piperidine rings is 1. The molecule has 0 amide bonds. The highest BCUT2D eigenvalue weighted by atomic mass is 16.5. The largest absolute Gasteiger partial charge is 0.478 e. The lowest BCUT2D eigenvalue weighted by Crippen LogP contribution is -2.43. The summed E-state index contributed by atoms with van der Waals surface area (Å²) in [5.41, 5.74) is 1.01.